The summed E-state index contributed by atoms with van der Waals surface area (Å²) in [5.41, 5.74) is -0.519. The summed E-state index contributed by atoms with van der Waals surface area (Å²) >= 11 is 1.52. The molecule has 0 spiro atoms. The van der Waals surface area contributed by atoms with E-state index in [0.717, 1.165) is 50.9 Å². The molecule has 1 aliphatic heterocycles. The van der Waals surface area contributed by atoms with Gasteiger partial charge in [0.1, 0.15) is 17.6 Å². The Hall–Kier alpha value is 0.190. The lowest BCUT2D eigenvalue weighted by atomic mass is 10.1. The molecule has 1 N–H and O–H groups in total. The van der Waals surface area contributed by atoms with Gasteiger partial charge in [-0.05, 0) is 19.3 Å². The van der Waals surface area contributed by atoms with Crippen LogP contribution in [0.15, 0.2) is 0 Å². The van der Waals surface area contributed by atoms with E-state index in [2.05, 4.69) is 20.8 Å². The zero-order valence-electron chi connectivity index (χ0n) is 14.5. The lowest BCUT2D eigenvalue weighted by Gasteiger charge is -2.40. The second-order valence-electron chi connectivity index (χ2n) is 5.86. The molecule has 22 heavy (non-hydrogen) atoms. The summed E-state index contributed by atoms with van der Waals surface area (Å²) < 4.78 is 18.0. The zero-order chi connectivity index (χ0) is 16.2. The van der Waals surface area contributed by atoms with Crippen molar-refractivity contribution in [1.29, 1.82) is 0 Å². The third-order valence-corrected chi connectivity index (χ3v) is 4.98. The molecule has 0 saturated carbocycles. The normalized spacial score (nSPS) is 28.9. The van der Waals surface area contributed by atoms with Gasteiger partial charge in [0.15, 0.2) is 0 Å². The van der Waals surface area contributed by atoms with Crippen molar-refractivity contribution in [3.63, 3.8) is 0 Å². The molecule has 1 fully saturated rings. The van der Waals surface area contributed by atoms with Crippen LogP contribution in [0.4, 0.5) is 0 Å². The summed E-state index contributed by atoms with van der Waals surface area (Å²) in [7, 11) is 0. The van der Waals surface area contributed by atoms with Crippen LogP contribution in [0.5, 0.6) is 0 Å². The minimum Gasteiger partial charge on any atom is -0.380 e. The van der Waals surface area contributed by atoms with E-state index in [1.165, 1.54) is 11.8 Å². The second-order valence-corrected chi connectivity index (χ2v) is 7.01. The molecule has 0 bridgehead atoms. The Balaban J connectivity index is 2.59. The van der Waals surface area contributed by atoms with Crippen LogP contribution in [0.1, 0.15) is 59.3 Å². The van der Waals surface area contributed by atoms with Crippen molar-refractivity contribution in [2.24, 2.45) is 0 Å². The molecule has 0 aromatic carbocycles. The van der Waals surface area contributed by atoms with E-state index in [-0.39, 0.29) is 18.3 Å². The van der Waals surface area contributed by atoms with Crippen LogP contribution < -0.4 is 0 Å². The van der Waals surface area contributed by atoms with Gasteiger partial charge in [-0.25, -0.2) is 0 Å². The molecule has 4 atom stereocenters. The molecule has 0 aromatic heterocycles. The molecule has 0 aliphatic carbocycles. The van der Waals surface area contributed by atoms with E-state index in [4.69, 9.17) is 14.2 Å². The van der Waals surface area contributed by atoms with Crippen molar-refractivity contribution < 1.29 is 19.3 Å². The molecule has 4 nitrogen and oxygen atoms in total. The highest BCUT2D eigenvalue weighted by Gasteiger charge is 2.41. The van der Waals surface area contributed by atoms with E-state index < -0.39 is 5.44 Å². The largest absolute Gasteiger partial charge is 0.380 e. The van der Waals surface area contributed by atoms with Gasteiger partial charge in [-0.3, -0.25) is 0 Å². The van der Waals surface area contributed by atoms with Crippen LogP contribution in [-0.2, 0) is 14.2 Å². The van der Waals surface area contributed by atoms with E-state index >= 15 is 0 Å². The summed E-state index contributed by atoms with van der Waals surface area (Å²) in [6.45, 7) is 8.59. The first kappa shape index (κ1) is 20.2. The van der Waals surface area contributed by atoms with Gasteiger partial charge in [-0.2, -0.15) is 0 Å². The summed E-state index contributed by atoms with van der Waals surface area (Å²) in [4.78, 5) is 0. The smallest absolute Gasteiger partial charge is 0.128 e. The Bertz CT molecular complexity index is 265. The molecule has 0 radical (unpaired) electrons. The third-order valence-electron chi connectivity index (χ3n) is 3.85. The summed E-state index contributed by atoms with van der Waals surface area (Å²) in [6.07, 6.45) is 6.00. The maximum absolute atomic E-state index is 10.3. The molecule has 0 amide bonds. The van der Waals surface area contributed by atoms with E-state index in [0.29, 0.717) is 13.2 Å². The minimum absolute atomic E-state index is 0.0171. The number of rotatable bonds is 12. The number of ether oxygens (including phenoxy) is 3. The number of thioether (sulfide) groups is 1. The summed E-state index contributed by atoms with van der Waals surface area (Å²) in [5, 5.41) is 10.3. The summed E-state index contributed by atoms with van der Waals surface area (Å²) in [6, 6.07) is 0. The van der Waals surface area contributed by atoms with Gasteiger partial charge in [0.05, 0.1) is 6.10 Å². The Morgan fingerprint density at radius 1 is 0.818 bits per heavy atom. The van der Waals surface area contributed by atoms with Crippen LogP contribution in [0, 0.1) is 0 Å². The van der Waals surface area contributed by atoms with Gasteiger partial charge in [-0.15, -0.1) is 11.8 Å². The lowest BCUT2D eigenvalue weighted by Crippen LogP contribution is -2.53. The van der Waals surface area contributed by atoms with Crippen molar-refractivity contribution in [3.8, 4) is 0 Å². The molecule has 1 aliphatic rings. The van der Waals surface area contributed by atoms with Crippen LogP contribution in [-0.4, -0.2) is 54.4 Å². The van der Waals surface area contributed by atoms with Gasteiger partial charge in [0.2, 0.25) is 0 Å². The quantitative estimate of drug-likeness (QED) is 0.553. The lowest BCUT2D eigenvalue weighted by molar-refractivity contribution is -0.155. The minimum atomic E-state index is -0.519. The fourth-order valence-corrected chi connectivity index (χ4v) is 3.48. The fraction of sp³-hybridized carbons (Fsp3) is 1.00. The predicted octanol–water partition coefficient (Wildman–Crippen LogP) is 3.61. The van der Waals surface area contributed by atoms with Crippen molar-refractivity contribution in [3.05, 3.63) is 0 Å². The molecular formula is C17H34O4S. The third kappa shape index (κ3) is 7.18. The Morgan fingerprint density at radius 3 is 1.86 bits per heavy atom. The number of unbranched alkanes of at least 4 members (excludes halogenated alkanes) is 3. The number of aliphatic hydroxyl groups excluding tert-OH is 1. The molecule has 0 aromatic rings. The molecule has 5 heteroatoms. The highest BCUT2D eigenvalue weighted by molar-refractivity contribution is 7.99. The van der Waals surface area contributed by atoms with Crippen LogP contribution >= 0.6 is 11.8 Å². The molecular weight excluding hydrogens is 300 g/mol. The van der Waals surface area contributed by atoms with Crippen molar-refractivity contribution >= 4 is 11.8 Å². The molecule has 1 heterocycles. The number of hydrogen-bond donors (Lipinski definition) is 1. The second kappa shape index (κ2) is 12.6. The first-order chi connectivity index (χ1) is 10.7. The van der Waals surface area contributed by atoms with Crippen LogP contribution in [0.2, 0.25) is 0 Å². The van der Waals surface area contributed by atoms with Crippen LogP contribution in [0.3, 0.4) is 0 Å². The average molecular weight is 335 g/mol. The standard InChI is InChI=1S/C17H34O4S/c1-4-7-10-19-14-13-22-17(18)16(21-12-9-6-3)15(14)20-11-8-5-2/h14-18H,4-13H2,1-3H3/t14-,15+,16-,17?/m1/s1. The molecule has 1 rings (SSSR count). The van der Waals surface area contributed by atoms with Crippen molar-refractivity contribution in [2.75, 3.05) is 25.6 Å². The highest BCUT2D eigenvalue weighted by Crippen LogP contribution is 2.31. The summed E-state index contributed by atoms with van der Waals surface area (Å²) in [5.74, 6) is 0.773. The number of hydrogen-bond acceptors (Lipinski definition) is 5. The van der Waals surface area contributed by atoms with E-state index in [9.17, 15) is 5.11 Å². The molecule has 1 unspecified atom stereocenters. The first-order valence-corrected chi connectivity index (χ1v) is 9.93. The van der Waals surface area contributed by atoms with E-state index in [1.54, 1.807) is 0 Å². The van der Waals surface area contributed by atoms with Gasteiger partial charge >= 0.3 is 0 Å². The monoisotopic (exact) mass is 334 g/mol. The van der Waals surface area contributed by atoms with Gasteiger partial charge in [0, 0.05) is 25.6 Å². The van der Waals surface area contributed by atoms with Crippen molar-refractivity contribution in [1.82, 2.24) is 0 Å². The topological polar surface area (TPSA) is 47.9 Å². The van der Waals surface area contributed by atoms with Crippen LogP contribution in [0.25, 0.3) is 0 Å². The maximum Gasteiger partial charge on any atom is 0.128 e. The Labute approximate surface area is 140 Å². The molecule has 132 valence electrons. The van der Waals surface area contributed by atoms with E-state index in [1.807, 2.05) is 0 Å². The predicted molar refractivity (Wildman–Crippen MR) is 92.4 cm³/mol. The van der Waals surface area contributed by atoms with Gasteiger partial charge < -0.3 is 19.3 Å². The van der Waals surface area contributed by atoms with Crippen molar-refractivity contribution in [2.45, 2.75) is 83.0 Å². The fourth-order valence-electron chi connectivity index (χ4n) is 2.39. The Kier molecular flexibility index (Phi) is 11.6. The number of aliphatic hydroxyl groups is 1. The average Bonchev–Trinajstić information content (AvgIpc) is 2.52. The maximum atomic E-state index is 10.3. The Morgan fingerprint density at radius 2 is 1.32 bits per heavy atom. The SMILES string of the molecule is CCCCO[C@H]1[C@H](OCCCC)CSC(O)[C@@H]1OCCCC. The zero-order valence-corrected chi connectivity index (χ0v) is 15.3. The molecule has 1 saturated heterocycles. The van der Waals surface area contributed by atoms with Gasteiger partial charge in [0.25, 0.3) is 0 Å². The van der Waals surface area contributed by atoms with Gasteiger partial charge in [-0.1, -0.05) is 40.0 Å². The highest BCUT2D eigenvalue weighted by atomic mass is 32.2. The first-order valence-electron chi connectivity index (χ1n) is 8.89.